The molecular weight excluding hydrogens is 299 g/mol. The van der Waals surface area contributed by atoms with E-state index in [1.165, 1.54) is 11.6 Å². The molecule has 0 saturated carbocycles. The van der Waals surface area contributed by atoms with E-state index in [0.717, 1.165) is 16.5 Å². The summed E-state index contributed by atoms with van der Waals surface area (Å²) >= 11 is 6.15. The molecule has 0 saturated heterocycles. The number of benzene rings is 2. The van der Waals surface area contributed by atoms with Gasteiger partial charge in [-0.05, 0) is 49.7 Å². The number of fused-ring (bicyclic) bond motifs is 1. The normalized spacial score (nSPS) is 12.7. The smallest absolute Gasteiger partial charge is 0.127 e. The second kappa shape index (κ2) is 6.11. The first-order valence-corrected chi connectivity index (χ1v) is 7.68. The van der Waals surface area contributed by atoms with Crippen LogP contribution < -0.4 is 5.73 Å². The molecule has 0 radical (unpaired) electrons. The van der Waals surface area contributed by atoms with Crippen molar-refractivity contribution in [2.24, 2.45) is 5.73 Å². The number of hydrogen-bond acceptors (Lipinski definition) is 1. The largest absolute Gasteiger partial charge is 0.361 e. The highest BCUT2D eigenvalue weighted by Crippen LogP contribution is 2.31. The number of nitrogens with two attached hydrogens (primary N) is 1. The third kappa shape index (κ3) is 2.74. The van der Waals surface area contributed by atoms with Crippen LogP contribution in [0.5, 0.6) is 0 Å². The average molecular weight is 317 g/mol. The van der Waals surface area contributed by atoms with E-state index in [0.29, 0.717) is 23.6 Å². The fourth-order valence-electron chi connectivity index (χ4n) is 2.89. The average Bonchev–Trinajstić information content (AvgIpc) is 2.90. The molecule has 2 aromatic carbocycles. The number of aromatic nitrogens is 1. The lowest BCUT2D eigenvalue weighted by Crippen LogP contribution is -2.15. The molecular formula is C18H18ClFN2. The fraction of sp³-hybridized carbons (Fsp3) is 0.222. The first-order valence-electron chi connectivity index (χ1n) is 7.30. The standard InChI is InChI=1S/C18H18ClFN2/c1-11-5-6-18-13(7-11)15(10-22-18)12(9-21)8-14-16(19)3-2-4-17(14)20/h2-7,10,12,22H,8-9,21H2,1H3. The van der Waals surface area contributed by atoms with Crippen molar-refractivity contribution >= 4 is 22.5 Å². The molecule has 114 valence electrons. The molecule has 4 heteroatoms. The van der Waals surface area contributed by atoms with Gasteiger partial charge in [-0.25, -0.2) is 4.39 Å². The zero-order valence-corrected chi connectivity index (χ0v) is 13.1. The fourth-order valence-corrected chi connectivity index (χ4v) is 3.13. The Morgan fingerprint density at radius 2 is 2.09 bits per heavy atom. The molecule has 3 N–H and O–H groups in total. The molecule has 3 rings (SSSR count). The molecule has 0 spiro atoms. The summed E-state index contributed by atoms with van der Waals surface area (Å²) in [5.41, 5.74) is 9.86. The van der Waals surface area contributed by atoms with Gasteiger partial charge in [0.1, 0.15) is 5.82 Å². The van der Waals surface area contributed by atoms with E-state index in [4.69, 9.17) is 17.3 Å². The molecule has 1 unspecified atom stereocenters. The van der Waals surface area contributed by atoms with E-state index in [2.05, 4.69) is 30.1 Å². The lowest BCUT2D eigenvalue weighted by atomic mass is 9.91. The molecule has 0 aliphatic heterocycles. The van der Waals surface area contributed by atoms with Gasteiger partial charge in [-0.15, -0.1) is 0 Å². The Morgan fingerprint density at radius 3 is 2.82 bits per heavy atom. The summed E-state index contributed by atoms with van der Waals surface area (Å²) in [7, 11) is 0. The van der Waals surface area contributed by atoms with E-state index < -0.39 is 0 Å². The topological polar surface area (TPSA) is 41.8 Å². The van der Waals surface area contributed by atoms with Crippen LogP contribution in [0.3, 0.4) is 0 Å². The van der Waals surface area contributed by atoms with Crippen molar-refractivity contribution < 1.29 is 4.39 Å². The van der Waals surface area contributed by atoms with Crippen LogP contribution in [-0.4, -0.2) is 11.5 Å². The quantitative estimate of drug-likeness (QED) is 0.728. The van der Waals surface area contributed by atoms with Crippen LogP contribution in [0.15, 0.2) is 42.6 Å². The Labute approximate surface area is 134 Å². The molecule has 1 atom stereocenters. The third-order valence-corrected chi connectivity index (χ3v) is 4.46. The zero-order valence-electron chi connectivity index (χ0n) is 12.4. The van der Waals surface area contributed by atoms with E-state index in [9.17, 15) is 4.39 Å². The highest BCUT2D eigenvalue weighted by atomic mass is 35.5. The van der Waals surface area contributed by atoms with E-state index in [1.54, 1.807) is 12.1 Å². The third-order valence-electron chi connectivity index (χ3n) is 4.11. The summed E-state index contributed by atoms with van der Waals surface area (Å²) in [6.07, 6.45) is 2.46. The monoisotopic (exact) mass is 316 g/mol. The van der Waals surface area contributed by atoms with Crippen molar-refractivity contribution in [1.82, 2.24) is 4.98 Å². The molecule has 0 fully saturated rings. The zero-order chi connectivity index (χ0) is 15.7. The highest BCUT2D eigenvalue weighted by molar-refractivity contribution is 6.31. The Balaban J connectivity index is 2.01. The molecule has 3 aromatic rings. The Hall–Kier alpha value is -1.84. The van der Waals surface area contributed by atoms with Crippen LogP contribution in [-0.2, 0) is 6.42 Å². The molecule has 0 aliphatic carbocycles. The van der Waals surface area contributed by atoms with Gasteiger partial charge < -0.3 is 10.7 Å². The van der Waals surface area contributed by atoms with Gasteiger partial charge in [0, 0.05) is 33.6 Å². The maximum atomic E-state index is 14.0. The number of H-pyrrole nitrogens is 1. The minimum absolute atomic E-state index is 0.0185. The van der Waals surface area contributed by atoms with Crippen molar-refractivity contribution in [2.75, 3.05) is 6.54 Å². The Bertz CT molecular complexity index is 790. The van der Waals surface area contributed by atoms with Crippen molar-refractivity contribution in [1.29, 1.82) is 0 Å². The summed E-state index contributed by atoms with van der Waals surface area (Å²) in [5.74, 6) is -0.257. The maximum absolute atomic E-state index is 14.0. The predicted molar refractivity (Wildman–Crippen MR) is 89.9 cm³/mol. The Kier molecular flexibility index (Phi) is 4.19. The maximum Gasteiger partial charge on any atom is 0.127 e. The molecule has 1 aromatic heterocycles. The van der Waals surface area contributed by atoms with Gasteiger partial charge in [0.2, 0.25) is 0 Å². The Morgan fingerprint density at radius 1 is 1.27 bits per heavy atom. The molecule has 22 heavy (non-hydrogen) atoms. The number of hydrogen-bond donors (Lipinski definition) is 2. The lowest BCUT2D eigenvalue weighted by molar-refractivity contribution is 0.591. The van der Waals surface area contributed by atoms with Gasteiger partial charge in [0.05, 0.1) is 0 Å². The predicted octanol–water partition coefficient (Wildman–Crippen LogP) is 4.55. The van der Waals surface area contributed by atoms with Gasteiger partial charge in [0.15, 0.2) is 0 Å². The molecule has 2 nitrogen and oxygen atoms in total. The minimum Gasteiger partial charge on any atom is -0.361 e. The van der Waals surface area contributed by atoms with E-state index in [1.807, 2.05) is 6.20 Å². The van der Waals surface area contributed by atoms with Crippen LogP contribution in [0, 0.1) is 12.7 Å². The second-order valence-electron chi connectivity index (χ2n) is 5.63. The summed E-state index contributed by atoms with van der Waals surface area (Å²) in [6.45, 7) is 2.49. The number of halogens is 2. The van der Waals surface area contributed by atoms with E-state index >= 15 is 0 Å². The highest BCUT2D eigenvalue weighted by Gasteiger charge is 2.18. The van der Waals surface area contributed by atoms with Crippen molar-refractivity contribution in [3.63, 3.8) is 0 Å². The van der Waals surface area contributed by atoms with Crippen LogP contribution in [0.1, 0.15) is 22.6 Å². The molecule has 0 aliphatic rings. The summed E-state index contributed by atoms with van der Waals surface area (Å²) in [6, 6.07) is 11.0. The summed E-state index contributed by atoms with van der Waals surface area (Å²) < 4.78 is 14.0. The van der Waals surface area contributed by atoms with Gasteiger partial charge in [-0.1, -0.05) is 29.3 Å². The number of nitrogens with one attached hydrogen (secondary N) is 1. The summed E-state index contributed by atoms with van der Waals surface area (Å²) in [4.78, 5) is 3.26. The SMILES string of the molecule is Cc1ccc2[nH]cc(C(CN)Cc3c(F)cccc3Cl)c2c1. The van der Waals surface area contributed by atoms with Crippen LogP contribution in [0.2, 0.25) is 5.02 Å². The first kappa shape index (κ1) is 15.1. The first-order chi connectivity index (χ1) is 10.6. The van der Waals surface area contributed by atoms with Crippen molar-refractivity contribution in [2.45, 2.75) is 19.3 Å². The van der Waals surface area contributed by atoms with Crippen LogP contribution in [0.25, 0.3) is 10.9 Å². The van der Waals surface area contributed by atoms with E-state index in [-0.39, 0.29) is 11.7 Å². The second-order valence-corrected chi connectivity index (χ2v) is 6.04. The van der Waals surface area contributed by atoms with Gasteiger partial charge in [-0.2, -0.15) is 0 Å². The minimum atomic E-state index is -0.276. The summed E-state index contributed by atoms with van der Waals surface area (Å²) in [5, 5.41) is 1.59. The van der Waals surface area contributed by atoms with Gasteiger partial charge in [0.25, 0.3) is 0 Å². The number of rotatable bonds is 4. The lowest BCUT2D eigenvalue weighted by Gasteiger charge is -2.16. The molecule has 0 amide bonds. The van der Waals surface area contributed by atoms with Crippen LogP contribution >= 0.6 is 11.6 Å². The molecule has 1 heterocycles. The van der Waals surface area contributed by atoms with Gasteiger partial charge in [-0.3, -0.25) is 0 Å². The van der Waals surface area contributed by atoms with Crippen LogP contribution in [0.4, 0.5) is 4.39 Å². The number of aryl methyl sites for hydroxylation is 1. The van der Waals surface area contributed by atoms with Crippen molar-refractivity contribution in [3.05, 3.63) is 70.1 Å². The van der Waals surface area contributed by atoms with Crippen molar-refractivity contribution in [3.8, 4) is 0 Å². The number of aromatic amines is 1. The molecule has 0 bridgehead atoms. The van der Waals surface area contributed by atoms with Gasteiger partial charge >= 0.3 is 0 Å².